The average Bonchev–Trinajstić information content (AvgIpc) is 2.53. The monoisotopic (exact) mass is 349 g/mol. The lowest BCUT2D eigenvalue weighted by molar-refractivity contribution is 0.0716. The molecule has 24 heavy (non-hydrogen) atoms. The Morgan fingerprint density at radius 3 is 2.25 bits per heavy atom. The fraction of sp³-hybridized carbons (Fsp3) is 0.125. The second-order valence-corrected chi connectivity index (χ2v) is 6.51. The van der Waals surface area contributed by atoms with Gasteiger partial charge in [-0.15, -0.1) is 0 Å². The van der Waals surface area contributed by atoms with E-state index in [2.05, 4.69) is 4.74 Å². The summed E-state index contributed by atoms with van der Waals surface area (Å²) in [5.74, 6) is 0. The summed E-state index contributed by atoms with van der Waals surface area (Å²) in [5.41, 5.74) is 1.56. The first-order valence-electron chi connectivity index (χ1n) is 6.89. The first-order chi connectivity index (χ1) is 11.4. The van der Waals surface area contributed by atoms with Gasteiger partial charge >= 0.3 is 12.2 Å². The molecule has 1 N–H and O–H groups in total. The standard InChI is InChI=1S/C16H15NO6S/c1-12-7-9-14(10-8-12)24(20,21)17-15(18)23-16(19)22-11-13-5-3-2-4-6-13/h2-10H,11H2,1H3,(H,17,18). The van der Waals surface area contributed by atoms with Crippen molar-refractivity contribution in [1.29, 1.82) is 0 Å². The minimum Gasteiger partial charge on any atom is -0.429 e. The van der Waals surface area contributed by atoms with Gasteiger partial charge in [0.1, 0.15) is 6.61 Å². The van der Waals surface area contributed by atoms with E-state index >= 15 is 0 Å². The van der Waals surface area contributed by atoms with Gasteiger partial charge in [0.2, 0.25) is 0 Å². The van der Waals surface area contributed by atoms with Crippen molar-refractivity contribution < 1.29 is 27.5 Å². The third-order valence-electron chi connectivity index (χ3n) is 2.92. The van der Waals surface area contributed by atoms with E-state index in [1.165, 1.54) is 12.1 Å². The van der Waals surface area contributed by atoms with E-state index in [1.54, 1.807) is 54.1 Å². The van der Waals surface area contributed by atoms with Gasteiger partial charge in [0.15, 0.2) is 0 Å². The highest BCUT2D eigenvalue weighted by molar-refractivity contribution is 7.90. The molecule has 0 saturated heterocycles. The molecule has 0 atom stereocenters. The van der Waals surface area contributed by atoms with Gasteiger partial charge in [-0.1, -0.05) is 48.0 Å². The van der Waals surface area contributed by atoms with Crippen LogP contribution in [0.1, 0.15) is 11.1 Å². The van der Waals surface area contributed by atoms with E-state index in [0.29, 0.717) is 5.56 Å². The molecule has 0 heterocycles. The largest absolute Gasteiger partial charge is 0.517 e. The maximum atomic E-state index is 12.0. The molecular weight excluding hydrogens is 334 g/mol. The van der Waals surface area contributed by atoms with Gasteiger partial charge in [-0.2, -0.15) is 0 Å². The normalized spacial score (nSPS) is 10.7. The van der Waals surface area contributed by atoms with Gasteiger partial charge in [-0.25, -0.2) is 22.7 Å². The van der Waals surface area contributed by atoms with E-state index in [1.807, 2.05) is 0 Å². The molecule has 2 aromatic carbocycles. The van der Waals surface area contributed by atoms with Crippen molar-refractivity contribution in [1.82, 2.24) is 4.72 Å². The van der Waals surface area contributed by atoms with E-state index < -0.39 is 22.3 Å². The molecule has 0 aliphatic carbocycles. The lowest BCUT2D eigenvalue weighted by atomic mass is 10.2. The molecular formula is C16H15NO6S. The first-order valence-corrected chi connectivity index (χ1v) is 8.37. The van der Waals surface area contributed by atoms with Crippen LogP contribution in [0.5, 0.6) is 0 Å². The third-order valence-corrected chi connectivity index (χ3v) is 4.25. The number of amides is 1. The van der Waals surface area contributed by atoms with Crippen LogP contribution >= 0.6 is 0 Å². The number of nitrogens with one attached hydrogen (secondary N) is 1. The molecule has 7 nitrogen and oxygen atoms in total. The SMILES string of the molecule is Cc1ccc(S(=O)(=O)NC(=O)OC(=O)OCc2ccccc2)cc1. The lowest BCUT2D eigenvalue weighted by Crippen LogP contribution is -2.32. The molecule has 1 amide bonds. The molecule has 0 radical (unpaired) electrons. The number of carbonyl (C=O) groups excluding carboxylic acids is 2. The fourth-order valence-corrected chi connectivity index (χ4v) is 2.60. The zero-order valence-corrected chi connectivity index (χ0v) is 13.6. The molecule has 0 fully saturated rings. The number of rotatable bonds is 4. The van der Waals surface area contributed by atoms with Crippen LogP contribution in [0, 0.1) is 6.92 Å². The summed E-state index contributed by atoms with van der Waals surface area (Å²) in [6.07, 6.45) is -2.73. The van der Waals surface area contributed by atoms with Crippen molar-refractivity contribution in [3.8, 4) is 0 Å². The third kappa shape index (κ3) is 5.10. The van der Waals surface area contributed by atoms with Crippen molar-refractivity contribution in [2.24, 2.45) is 0 Å². The first kappa shape index (κ1) is 17.5. The van der Waals surface area contributed by atoms with Crippen molar-refractivity contribution in [2.45, 2.75) is 18.4 Å². The van der Waals surface area contributed by atoms with Crippen LogP contribution in [-0.4, -0.2) is 20.7 Å². The lowest BCUT2D eigenvalue weighted by Gasteiger charge is -2.07. The number of benzene rings is 2. The molecule has 0 aliphatic rings. The van der Waals surface area contributed by atoms with Crippen LogP contribution in [0.25, 0.3) is 0 Å². The van der Waals surface area contributed by atoms with Crippen molar-refractivity contribution in [2.75, 3.05) is 0 Å². The van der Waals surface area contributed by atoms with E-state index in [4.69, 9.17) is 4.74 Å². The maximum absolute atomic E-state index is 12.0. The molecule has 0 aromatic heterocycles. The van der Waals surface area contributed by atoms with Gasteiger partial charge in [-0.05, 0) is 24.6 Å². The zero-order chi connectivity index (χ0) is 17.6. The average molecular weight is 349 g/mol. The van der Waals surface area contributed by atoms with Gasteiger partial charge in [0.25, 0.3) is 10.0 Å². The van der Waals surface area contributed by atoms with Gasteiger partial charge in [-0.3, -0.25) is 0 Å². The van der Waals surface area contributed by atoms with Crippen molar-refractivity contribution in [3.63, 3.8) is 0 Å². The van der Waals surface area contributed by atoms with E-state index in [0.717, 1.165) is 5.56 Å². The van der Waals surface area contributed by atoms with Crippen LogP contribution in [0.2, 0.25) is 0 Å². The van der Waals surface area contributed by atoms with Gasteiger partial charge in [0, 0.05) is 0 Å². The van der Waals surface area contributed by atoms with Crippen molar-refractivity contribution >= 4 is 22.3 Å². The Morgan fingerprint density at radius 1 is 1.00 bits per heavy atom. The molecule has 0 spiro atoms. The highest BCUT2D eigenvalue weighted by Crippen LogP contribution is 2.10. The van der Waals surface area contributed by atoms with Crippen LogP contribution < -0.4 is 4.72 Å². The van der Waals surface area contributed by atoms with E-state index in [-0.39, 0.29) is 11.5 Å². The smallest absolute Gasteiger partial charge is 0.429 e. The molecule has 0 unspecified atom stereocenters. The highest BCUT2D eigenvalue weighted by Gasteiger charge is 2.21. The number of carbonyl (C=O) groups is 2. The summed E-state index contributed by atoms with van der Waals surface area (Å²) in [5, 5.41) is 0. The Kier molecular flexibility index (Phi) is 5.54. The highest BCUT2D eigenvalue weighted by atomic mass is 32.2. The van der Waals surface area contributed by atoms with Crippen LogP contribution in [0.4, 0.5) is 9.59 Å². The molecule has 126 valence electrons. The molecule has 2 aromatic rings. The van der Waals surface area contributed by atoms with Crippen molar-refractivity contribution in [3.05, 3.63) is 65.7 Å². The number of hydrogen-bond donors (Lipinski definition) is 1. The number of hydrogen-bond acceptors (Lipinski definition) is 6. The number of ether oxygens (including phenoxy) is 2. The summed E-state index contributed by atoms with van der Waals surface area (Å²) in [7, 11) is -4.12. The Bertz CT molecular complexity index is 815. The Balaban J connectivity index is 1.87. The summed E-state index contributed by atoms with van der Waals surface area (Å²) in [6, 6.07) is 14.6. The summed E-state index contributed by atoms with van der Waals surface area (Å²) in [4.78, 5) is 22.8. The summed E-state index contributed by atoms with van der Waals surface area (Å²) >= 11 is 0. The van der Waals surface area contributed by atoms with Gasteiger partial charge in [0.05, 0.1) is 4.90 Å². The topological polar surface area (TPSA) is 98.8 Å². The van der Waals surface area contributed by atoms with Crippen LogP contribution in [0.15, 0.2) is 59.5 Å². The minimum atomic E-state index is -4.12. The molecule has 0 saturated carbocycles. The predicted octanol–water partition coefficient (Wildman–Crippen LogP) is 2.75. The van der Waals surface area contributed by atoms with Gasteiger partial charge < -0.3 is 9.47 Å². The number of sulfonamides is 1. The molecule has 0 bridgehead atoms. The fourth-order valence-electron chi connectivity index (χ4n) is 1.73. The molecule has 8 heteroatoms. The predicted molar refractivity (Wildman–Crippen MR) is 84.6 cm³/mol. The van der Waals surface area contributed by atoms with E-state index in [9.17, 15) is 18.0 Å². The Hall–Kier alpha value is -2.87. The maximum Gasteiger partial charge on any atom is 0.517 e. The number of aryl methyl sites for hydroxylation is 1. The Morgan fingerprint density at radius 2 is 1.62 bits per heavy atom. The summed E-state index contributed by atoms with van der Waals surface area (Å²) in [6.45, 7) is 1.69. The quantitative estimate of drug-likeness (QED) is 0.673. The molecule has 0 aliphatic heterocycles. The Labute approximate surface area is 139 Å². The minimum absolute atomic E-state index is 0.0995. The van der Waals surface area contributed by atoms with Crippen LogP contribution in [0.3, 0.4) is 0 Å². The zero-order valence-electron chi connectivity index (χ0n) is 12.8. The molecule has 2 rings (SSSR count). The second kappa shape index (κ2) is 7.60. The second-order valence-electron chi connectivity index (χ2n) is 4.83. The summed E-state index contributed by atoms with van der Waals surface area (Å²) < 4.78 is 34.5. The van der Waals surface area contributed by atoms with Crippen LogP contribution in [-0.2, 0) is 26.1 Å².